The molecule has 0 bridgehead atoms. The van der Waals surface area contributed by atoms with E-state index in [9.17, 15) is 4.79 Å². The summed E-state index contributed by atoms with van der Waals surface area (Å²) in [4.78, 5) is 11.9. The summed E-state index contributed by atoms with van der Waals surface area (Å²) in [5.41, 5.74) is 0. The molecule has 16 heavy (non-hydrogen) atoms. The molecule has 2 N–H and O–H groups in total. The van der Waals surface area contributed by atoms with Crippen molar-refractivity contribution in [2.24, 2.45) is 11.8 Å². The van der Waals surface area contributed by atoms with Gasteiger partial charge < -0.3 is 15.2 Å². The van der Waals surface area contributed by atoms with E-state index in [0.717, 1.165) is 25.7 Å². The van der Waals surface area contributed by atoms with Gasteiger partial charge in [-0.1, -0.05) is 6.92 Å². The van der Waals surface area contributed by atoms with Gasteiger partial charge in [0.05, 0.1) is 18.1 Å². The van der Waals surface area contributed by atoms with E-state index in [2.05, 4.69) is 12.2 Å². The number of hydrogen-bond donors (Lipinski definition) is 2. The van der Waals surface area contributed by atoms with Crippen molar-refractivity contribution in [3.63, 3.8) is 0 Å². The zero-order valence-electron chi connectivity index (χ0n) is 9.82. The number of amides is 1. The Labute approximate surface area is 96.4 Å². The van der Waals surface area contributed by atoms with Gasteiger partial charge in [0.25, 0.3) is 0 Å². The Morgan fingerprint density at radius 3 is 2.88 bits per heavy atom. The number of aliphatic hydroxyl groups is 1. The Balaban J connectivity index is 1.71. The molecule has 0 aromatic heterocycles. The maximum absolute atomic E-state index is 11.9. The average Bonchev–Trinajstić information content (AvgIpc) is 2.70. The fourth-order valence-corrected chi connectivity index (χ4v) is 2.59. The van der Waals surface area contributed by atoms with Gasteiger partial charge in [0, 0.05) is 13.2 Å². The third-order valence-corrected chi connectivity index (χ3v) is 3.72. The van der Waals surface area contributed by atoms with E-state index < -0.39 is 0 Å². The van der Waals surface area contributed by atoms with Gasteiger partial charge in [0.15, 0.2) is 0 Å². The smallest absolute Gasteiger partial charge is 0.225 e. The van der Waals surface area contributed by atoms with Crippen LogP contribution in [-0.2, 0) is 9.53 Å². The van der Waals surface area contributed by atoms with Crippen molar-refractivity contribution in [1.82, 2.24) is 5.32 Å². The summed E-state index contributed by atoms with van der Waals surface area (Å²) in [7, 11) is 0. The lowest BCUT2D eigenvalue weighted by Crippen LogP contribution is -2.42. The van der Waals surface area contributed by atoms with Crippen LogP contribution in [0.1, 0.15) is 32.6 Å². The lowest BCUT2D eigenvalue weighted by atomic mass is 9.82. The van der Waals surface area contributed by atoms with Crippen molar-refractivity contribution >= 4 is 5.91 Å². The molecule has 2 fully saturated rings. The zero-order valence-corrected chi connectivity index (χ0v) is 9.82. The average molecular weight is 227 g/mol. The number of rotatable bonds is 4. The second-order valence-corrected chi connectivity index (χ2v) is 4.95. The standard InChI is InChI=1S/C12H21NO3/c1-2-11-10(3-4-16-11)12(15)13-7-8-5-9(14)6-8/h8-11,14H,2-7H2,1H3,(H,13,15). The van der Waals surface area contributed by atoms with Gasteiger partial charge in [-0.25, -0.2) is 0 Å². The first-order chi connectivity index (χ1) is 7.70. The largest absolute Gasteiger partial charge is 0.393 e. The Morgan fingerprint density at radius 2 is 2.25 bits per heavy atom. The van der Waals surface area contributed by atoms with Crippen LogP contribution in [0.15, 0.2) is 0 Å². The van der Waals surface area contributed by atoms with Crippen LogP contribution in [0.5, 0.6) is 0 Å². The van der Waals surface area contributed by atoms with Crippen LogP contribution in [0.25, 0.3) is 0 Å². The van der Waals surface area contributed by atoms with Crippen LogP contribution < -0.4 is 5.32 Å². The van der Waals surface area contributed by atoms with E-state index in [0.29, 0.717) is 19.1 Å². The van der Waals surface area contributed by atoms with Gasteiger partial charge >= 0.3 is 0 Å². The summed E-state index contributed by atoms with van der Waals surface area (Å²) in [5.74, 6) is 0.641. The molecule has 4 heteroatoms. The molecule has 1 amide bonds. The summed E-state index contributed by atoms with van der Waals surface area (Å²) in [6.07, 6.45) is 3.38. The molecule has 1 aliphatic heterocycles. The molecule has 1 saturated heterocycles. The van der Waals surface area contributed by atoms with Crippen molar-refractivity contribution in [3.05, 3.63) is 0 Å². The Morgan fingerprint density at radius 1 is 1.50 bits per heavy atom. The van der Waals surface area contributed by atoms with Crippen LogP contribution >= 0.6 is 0 Å². The van der Waals surface area contributed by atoms with E-state index in [1.165, 1.54) is 0 Å². The molecule has 92 valence electrons. The number of carbonyl (C=O) groups is 1. The van der Waals surface area contributed by atoms with Gasteiger partial charge in [0.2, 0.25) is 5.91 Å². The third kappa shape index (κ3) is 2.55. The third-order valence-electron chi connectivity index (χ3n) is 3.72. The first-order valence-corrected chi connectivity index (χ1v) is 6.28. The van der Waals surface area contributed by atoms with E-state index in [1.54, 1.807) is 0 Å². The number of nitrogens with one attached hydrogen (secondary N) is 1. The van der Waals surface area contributed by atoms with Gasteiger partial charge in [-0.2, -0.15) is 0 Å². The molecule has 4 nitrogen and oxygen atoms in total. The Bertz CT molecular complexity index is 251. The molecule has 1 saturated carbocycles. The SMILES string of the molecule is CCC1OCCC1C(=O)NCC1CC(O)C1. The van der Waals surface area contributed by atoms with E-state index in [1.807, 2.05) is 0 Å². The molecule has 0 radical (unpaired) electrons. The van der Waals surface area contributed by atoms with Gasteiger partial charge in [0.1, 0.15) is 0 Å². The summed E-state index contributed by atoms with van der Waals surface area (Å²) in [5, 5.41) is 12.1. The first kappa shape index (κ1) is 11.9. The Hall–Kier alpha value is -0.610. The summed E-state index contributed by atoms with van der Waals surface area (Å²) < 4.78 is 5.50. The number of ether oxygens (including phenoxy) is 1. The van der Waals surface area contributed by atoms with Gasteiger partial charge in [-0.05, 0) is 31.6 Å². The highest BCUT2D eigenvalue weighted by Gasteiger charge is 2.34. The van der Waals surface area contributed by atoms with Crippen LogP contribution in [0, 0.1) is 11.8 Å². The second-order valence-electron chi connectivity index (χ2n) is 4.95. The number of carbonyl (C=O) groups excluding carboxylic acids is 1. The van der Waals surface area contributed by atoms with E-state index in [4.69, 9.17) is 9.84 Å². The quantitative estimate of drug-likeness (QED) is 0.743. The molecule has 1 aliphatic carbocycles. The molecule has 0 aromatic rings. The molecule has 2 atom stereocenters. The molecule has 2 unspecified atom stereocenters. The number of hydrogen-bond acceptors (Lipinski definition) is 3. The molecule has 1 heterocycles. The minimum atomic E-state index is -0.139. The molecule has 0 aromatic carbocycles. The summed E-state index contributed by atoms with van der Waals surface area (Å²) in [6.45, 7) is 3.47. The lowest BCUT2D eigenvalue weighted by molar-refractivity contribution is -0.127. The van der Waals surface area contributed by atoms with Crippen LogP contribution in [-0.4, -0.2) is 36.4 Å². The van der Waals surface area contributed by atoms with Crippen molar-refractivity contribution in [2.75, 3.05) is 13.2 Å². The normalized spacial score (nSPS) is 38.1. The van der Waals surface area contributed by atoms with Gasteiger partial charge in [-0.15, -0.1) is 0 Å². The van der Waals surface area contributed by atoms with Crippen LogP contribution in [0.4, 0.5) is 0 Å². The van der Waals surface area contributed by atoms with E-state index >= 15 is 0 Å². The highest BCUT2D eigenvalue weighted by molar-refractivity contribution is 5.79. The molecular formula is C12H21NO3. The van der Waals surface area contributed by atoms with Crippen molar-refractivity contribution < 1.29 is 14.6 Å². The summed E-state index contributed by atoms with van der Waals surface area (Å²) in [6, 6.07) is 0. The van der Waals surface area contributed by atoms with Crippen LogP contribution in [0.3, 0.4) is 0 Å². The fourth-order valence-electron chi connectivity index (χ4n) is 2.59. The Kier molecular flexibility index (Phi) is 3.82. The van der Waals surface area contributed by atoms with Crippen molar-refractivity contribution in [3.8, 4) is 0 Å². The van der Waals surface area contributed by atoms with E-state index in [-0.39, 0.29) is 24.0 Å². The predicted molar refractivity (Wildman–Crippen MR) is 59.9 cm³/mol. The minimum absolute atomic E-state index is 0.0370. The molecule has 2 rings (SSSR count). The zero-order chi connectivity index (χ0) is 11.5. The molecule has 0 spiro atoms. The van der Waals surface area contributed by atoms with Crippen molar-refractivity contribution in [1.29, 1.82) is 0 Å². The topological polar surface area (TPSA) is 58.6 Å². The first-order valence-electron chi connectivity index (χ1n) is 6.28. The highest BCUT2D eigenvalue weighted by Crippen LogP contribution is 2.27. The lowest BCUT2D eigenvalue weighted by Gasteiger charge is -2.31. The fraction of sp³-hybridized carbons (Fsp3) is 0.917. The van der Waals surface area contributed by atoms with Crippen LogP contribution in [0.2, 0.25) is 0 Å². The maximum atomic E-state index is 11.9. The predicted octanol–water partition coefficient (Wildman–Crippen LogP) is 0.689. The maximum Gasteiger partial charge on any atom is 0.225 e. The second kappa shape index (κ2) is 5.15. The molecular weight excluding hydrogens is 206 g/mol. The van der Waals surface area contributed by atoms with Crippen molar-refractivity contribution in [2.45, 2.75) is 44.8 Å². The summed E-state index contributed by atoms with van der Waals surface area (Å²) >= 11 is 0. The minimum Gasteiger partial charge on any atom is -0.393 e. The number of aliphatic hydroxyl groups excluding tert-OH is 1. The highest BCUT2D eigenvalue weighted by atomic mass is 16.5. The van der Waals surface area contributed by atoms with Gasteiger partial charge in [-0.3, -0.25) is 4.79 Å². The monoisotopic (exact) mass is 227 g/mol. The molecule has 2 aliphatic rings.